The summed E-state index contributed by atoms with van der Waals surface area (Å²) in [6.07, 6.45) is -0.701. The van der Waals surface area contributed by atoms with E-state index in [-0.39, 0.29) is 52.0 Å². The molecule has 2 aliphatic rings. The zero-order valence-corrected chi connectivity index (χ0v) is 25.9. The van der Waals surface area contributed by atoms with Crippen LogP contribution in [-0.4, -0.2) is 67.9 Å². The van der Waals surface area contributed by atoms with Gasteiger partial charge in [0.2, 0.25) is 11.5 Å². The molecule has 4 heterocycles. The van der Waals surface area contributed by atoms with Crippen molar-refractivity contribution in [1.82, 2.24) is 29.9 Å². The van der Waals surface area contributed by atoms with Gasteiger partial charge in [0.1, 0.15) is 34.7 Å². The van der Waals surface area contributed by atoms with Crippen molar-refractivity contribution < 1.29 is 46.1 Å². The first-order valence-corrected chi connectivity index (χ1v) is 15.0. The number of alkyl halides is 5. The number of primary amides is 1. The second kappa shape index (κ2) is 11.1. The molecule has 17 heteroatoms. The molecule has 7 rings (SSSR count). The summed E-state index contributed by atoms with van der Waals surface area (Å²) in [5.41, 5.74) is -0.455. The number of rotatable bonds is 9. The molecule has 3 aromatic heterocycles. The number of pyridine rings is 1. The molecule has 1 fully saturated rings. The molecule has 5 aromatic rings. The molecule has 2 atom stereocenters. The number of nitrogens with two attached hydrogens (primary N) is 1. The summed E-state index contributed by atoms with van der Waals surface area (Å²) in [6.45, 7) is -3.30. The van der Waals surface area contributed by atoms with Crippen molar-refractivity contribution in [2.75, 3.05) is 20.3 Å². The predicted octanol–water partition coefficient (Wildman–Crippen LogP) is 4.50. The highest BCUT2D eigenvalue weighted by atomic mass is 19.4. The van der Waals surface area contributed by atoms with Gasteiger partial charge in [0.05, 0.1) is 30.9 Å². The van der Waals surface area contributed by atoms with E-state index in [1.807, 2.05) is 0 Å². The monoisotopic (exact) mass is 685 g/mol. The van der Waals surface area contributed by atoms with Gasteiger partial charge in [-0.05, 0) is 44.0 Å². The van der Waals surface area contributed by atoms with Crippen LogP contribution in [0.4, 0.5) is 22.0 Å². The number of aromatic nitrogens is 5. The lowest BCUT2D eigenvalue weighted by Gasteiger charge is -2.31. The zero-order chi connectivity index (χ0) is 35.0. The van der Waals surface area contributed by atoms with Gasteiger partial charge in [-0.3, -0.25) is 14.3 Å². The fourth-order valence-corrected chi connectivity index (χ4v) is 5.86. The van der Waals surface area contributed by atoms with Gasteiger partial charge < -0.3 is 25.6 Å². The third kappa shape index (κ3) is 5.28. The molecular weight excluding hydrogens is 657 g/mol. The van der Waals surface area contributed by atoms with E-state index in [1.54, 1.807) is 10.9 Å². The van der Waals surface area contributed by atoms with Crippen molar-refractivity contribution in [1.29, 1.82) is 0 Å². The number of hydrogen-bond acceptors (Lipinski definition) is 8. The molecule has 4 N–H and O–H groups in total. The van der Waals surface area contributed by atoms with E-state index in [1.165, 1.54) is 44.4 Å². The Hall–Kier alpha value is -5.32. The summed E-state index contributed by atoms with van der Waals surface area (Å²) >= 11 is 0. The van der Waals surface area contributed by atoms with Crippen molar-refractivity contribution in [3.05, 3.63) is 65.6 Å². The molecule has 0 spiro atoms. The highest BCUT2D eigenvalue weighted by molar-refractivity contribution is 6.00. The van der Waals surface area contributed by atoms with Crippen LogP contribution in [0.25, 0.3) is 33.1 Å². The molecule has 1 aliphatic carbocycles. The number of nitrogens with one attached hydrogen (secondary N) is 1. The highest BCUT2D eigenvalue weighted by Gasteiger charge is 2.57. The van der Waals surface area contributed by atoms with E-state index in [0.717, 1.165) is 25.1 Å². The van der Waals surface area contributed by atoms with Gasteiger partial charge in [0, 0.05) is 39.9 Å². The minimum atomic E-state index is -5.41. The first-order chi connectivity index (χ1) is 23.1. The summed E-state index contributed by atoms with van der Waals surface area (Å²) in [6, 6.07) is 8.02. The number of aliphatic hydroxyl groups is 1. The van der Waals surface area contributed by atoms with Crippen molar-refractivity contribution >= 4 is 33.6 Å². The van der Waals surface area contributed by atoms with Gasteiger partial charge in [0.15, 0.2) is 0 Å². The van der Waals surface area contributed by atoms with E-state index in [2.05, 4.69) is 20.5 Å². The second-order valence-corrected chi connectivity index (χ2v) is 12.4. The number of methoxy groups -OCH3 is 1. The normalized spacial score (nSPS) is 18.8. The molecule has 2 aromatic carbocycles. The summed E-state index contributed by atoms with van der Waals surface area (Å²) in [5.74, 6) is -1.72. The highest BCUT2D eigenvalue weighted by Crippen LogP contribution is 2.48. The molecule has 2 amide bonds. The van der Waals surface area contributed by atoms with E-state index >= 15 is 0 Å². The van der Waals surface area contributed by atoms with Crippen LogP contribution in [0.1, 0.15) is 54.0 Å². The maximum Gasteiger partial charge on any atom is 0.424 e. The average Bonchev–Trinajstić information content (AvgIpc) is 3.51. The number of ether oxygens (including phenoxy) is 2. The SMILES string of the molecule is COc1cc(C(=O)NC[C@](O)(c2cc3c(c(-c4ccc5cn(C(F)F)nc5c4)n2)OC[C@]3(C)C(N)=O)C(F)(F)F)cc2cn(C3CC3)nc12. The molecule has 1 aliphatic heterocycles. The number of halogens is 5. The number of nitrogens with zero attached hydrogens (tertiary/aromatic N) is 5. The lowest BCUT2D eigenvalue weighted by molar-refractivity contribution is -0.265. The first kappa shape index (κ1) is 32.2. The minimum absolute atomic E-state index is 0.0435. The largest absolute Gasteiger partial charge is 0.494 e. The smallest absolute Gasteiger partial charge is 0.424 e. The van der Waals surface area contributed by atoms with Crippen molar-refractivity contribution in [3.63, 3.8) is 0 Å². The standard InChI is InChI=1S/C32H28F5N7O5/c1-30(28(38)46)14-49-26-20(30)10-23(40-25(26)15-3-4-16-11-44(29(33)34)41-21(16)8-15)31(47,32(35,36)37)13-39-27(45)17-7-18-12-43(19-5-6-19)42-24(18)22(9-17)48-2/h3-4,7-12,19,29,47H,5-6,13-14H2,1-2H3,(H2,38,46)(H,39,45)/t30-,31-/m0/s1. The maximum atomic E-state index is 14.9. The number of hydrogen-bond donors (Lipinski definition) is 3. The Bertz CT molecular complexity index is 2160. The molecule has 0 unspecified atom stereocenters. The quantitative estimate of drug-likeness (QED) is 0.191. The second-order valence-electron chi connectivity index (χ2n) is 12.4. The minimum Gasteiger partial charge on any atom is -0.494 e. The summed E-state index contributed by atoms with van der Waals surface area (Å²) < 4.78 is 84.6. The van der Waals surface area contributed by atoms with Gasteiger partial charge >= 0.3 is 12.7 Å². The molecule has 0 bridgehead atoms. The fourth-order valence-electron chi connectivity index (χ4n) is 5.86. The van der Waals surface area contributed by atoms with Crippen molar-refractivity contribution in [2.24, 2.45) is 5.73 Å². The van der Waals surface area contributed by atoms with E-state index in [0.29, 0.717) is 21.0 Å². The van der Waals surface area contributed by atoms with Crippen LogP contribution in [0.2, 0.25) is 0 Å². The number of amides is 2. The van der Waals surface area contributed by atoms with Crippen LogP contribution in [-0.2, 0) is 15.8 Å². The Balaban J connectivity index is 1.30. The topological polar surface area (TPSA) is 159 Å². The third-order valence-corrected chi connectivity index (χ3v) is 9.01. The van der Waals surface area contributed by atoms with Crippen LogP contribution in [0.15, 0.2) is 48.8 Å². The van der Waals surface area contributed by atoms with Crippen LogP contribution >= 0.6 is 0 Å². The first-order valence-electron chi connectivity index (χ1n) is 15.0. The lowest BCUT2D eigenvalue weighted by atomic mass is 9.81. The van der Waals surface area contributed by atoms with Crippen LogP contribution < -0.4 is 20.5 Å². The lowest BCUT2D eigenvalue weighted by Crippen LogP contribution is -2.51. The molecule has 256 valence electrons. The number of benzene rings is 2. The van der Waals surface area contributed by atoms with E-state index < -0.39 is 47.8 Å². The zero-order valence-electron chi connectivity index (χ0n) is 25.9. The summed E-state index contributed by atoms with van der Waals surface area (Å²) in [7, 11) is 1.37. The van der Waals surface area contributed by atoms with Crippen LogP contribution in [0.3, 0.4) is 0 Å². The molecule has 1 saturated carbocycles. The predicted molar refractivity (Wildman–Crippen MR) is 163 cm³/mol. The van der Waals surface area contributed by atoms with Gasteiger partial charge in [-0.1, -0.05) is 12.1 Å². The molecule has 12 nitrogen and oxygen atoms in total. The summed E-state index contributed by atoms with van der Waals surface area (Å²) in [5, 5.41) is 22.7. The Morgan fingerprint density at radius 3 is 2.55 bits per heavy atom. The Kier molecular flexibility index (Phi) is 7.31. The number of carbonyl (C=O) groups is 2. The average molecular weight is 686 g/mol. The van der Waals surface area contributed by atoms with Crippen molar-refractivity contribution in [3.8, 4) is 22.8 Å². The van der Waals surface area contributed by atoms with Gasteiger partial charge in [-0.2, -0.15) is 32.1 Å². The van der Waals surface area contributed by atoms with Gasteiger partial charge in [0.25, 0.3) is 5.91 Å². The van der Waals surface area contributed by atoms with Gasteiger partial charge in [-0.25, -0.2) is 9.67 Å². The Labute approximate surface area is 273 Å². The van der Waals surface area contributed by atoms with Crippen LogP contribution in [0.5, 0.6) is 11.5 Å². The van der Waals surface area contributed by atoms with Crippen LogP contribution in [0, 0.1) is 0 Å². The number of carbonyl (C=O) groups excluding carboxylic acids is 2. The molecule has 49 heavy (non-hydrogen) atoms. The molecule has 0 radical (unpaired) electrons. The van der Waals surface area contributed by atoms with Gasteiger partial charge in [-0.15, -0.1) is 0 Å². The molecule has 0 saturated heterocycles. The number of fused-ring (bicyclic) bond motifs is 3. The molecular formula is C32H28F5N7O5. The van der Waals surface area contributed by atoms with E-state index in [9.17, 15) is 36.6 Å². The van der Waals surface area contributed by atoms with Crippen molar-refractivity contribution in [2.45, 2.75) is 49.5 Å². The Morgan fingerprint density at radius 2 is 1.90 bits per heavy atom. The summed E-state index contributed by atoms with van der Waals surface area (Å²) in [4.78, 5) is 30.1. The van der Waals surface area contributed by atoms with E-state index in [4.69, 9.17) is 15.2 Å². The fraction of sp³-hybridized carbons (Fsp3) is 0.344. The Morgan fingerprint density at radius 1 is 1.14 bits per heavy atom. The maximum absolute atomic E-state index is 14.9. The third-order valence-electron chi connectivity index (χ3n) is 9.01.